The number of hydrogen-bond donors (Lipinski definition) is 1. The number of halogens is 1. The van der Waals surface area contributed by atoms with Gasteiger partial charge >= 0.3 is 5.97 Å². The van der Waals surface area contributed by atoms with Crippen LogP contribution in [-0.4, -0.2) is 29.5 Å². The fraction of sp³-hybridized carbons (Fsp3) is 0.222. The van der Waals surface area contributed by atoms with Crippen LogP contribution in [0.5, 0.6) is 5.75 Å². The van der Waals surface area contributed by atoms with Crippen molar-refractivity contribution in [1.29, 1.82) is 0 Å². The summed E-state index contributed by atoms with van der Waals surface area (Å²) in [5, 5.41) is 13.5. The summed E-state index contributed by atoms with van der Waals surface area (Å²) in [5.41, 5.74) is 0.637. The van der Waals surface area contributed by atoms with Gasteiger partial charge in [-0.3, -0.25) is 14.9 Å². The molecule has 1 amide bonds. The van der Waals surface area contributed by atoms with Crippen LogP contribution in [0, 0.1) is 17.0 Å². The summed E-state index contributed by atoms with van der Waals surface area (Å²) in [5.74, 6) is -0.973. The van der Waals surface area contributed by atoms with Crippen LogP contribution in [0.15, 0.2) is 42.5 Å². The second-order valence-corrected chi connectivity index (χ2v) is 6.08. The average molecular weight is 393 g/mol. The van der Waals surface area contributed by atoms with Crippen LogP contribution in [0.25, 0.3) is 0 Å². The van der Waals surface area contributed by atoms with Crippen molar-refractivity contribution < 1.29 is 24.0 Å². The van der Waals surface area contributed by atoms with Gasteiger partial charge < -0.3 is 14.8 Å². The van der Waals surface area contributed by atoms with Gasteiger partial charge in [0, 0.05) is 11.1 Å². The molecule has 8 nitrogen and oxygen atoms in total. The molecule has 9 heteroatoms. The summed E-state index contributed by atoms with van der Waals surface area (Å²) < 4.78 is 10.3. The quantitative estimate of drug-likeness (QED) is 0.439. The van der Waals surface area contributed by atoms with Gasteiger partial charge in [0.15, 0.2) is 12.7 Å². The van der Waals surface area contributed by atoms with Crippen molar-refractivity contribution in [2.75, 3.05) is 11.9 Å². The lowest BCUT2D eigenvalue weighted by atomic mass is 10.2. The number of benzene rings is 2. The first-order valence-corrected chi connectivity index (χ1v) is 8.28. The van der Waals surface area contributed by atoms with Gasteiger partial charge in [-0.15, -0.1) is 0 Å². The number of ether oxygens (including phenoxy) is 2. The van der Waals surface area contributed by atoms with Crippen LogP contribution in [0.1, 0.15) is 12.5 Å². The van der Waals surface area contributed by atoms with Crippen LogP contribution >= 0.6 is 11.6 Å². The van der Waals surface area contributed by atoms with E-state index in [9.17, 15) is 19.7 Å². The van der Waals surface area contributed by atoms with E-state index in [0.717, 1.165) is 11.6 Å². The molecular formula is C18H17ClN2O6. The first kappa shape index (κ1) is 20.2. The standard InChI is InChI=1S/C18H17ClN2O6/c1-11-3-6-14(7-4-11)27-12(2)18(23)26-10-17(22)20-15-8-5-13(19)9-16(15)21(24)25/h3-9,12H,10H2,1-2H3,(H,20,22). The number of amides is 1. The zero-order valence-corrected chi connectivity index (χ0v) is 15.4. The topological polar surface area (TPSA) is 108 Å². The molecule has 2 rings (SSSR count). The van der Waals surface area contributed by atoms with Gasteiger partial charge in [0.25, 0.3) is 11.6 Å². The van der Waals surface area contributed by atoms with Crippen molar-refractivity contribution >= 4 is 34.9 Å². The summed E-state index contributed by atoms with van der Waals surface area (Å²) in [6.45, 7) is 2.80. The fourth-order valence-corrected chi connectivity index (χ4v) is 2.24. The van der Waals surface area contributed by atoms with Crippen LogP contribution in [0.4, 0.5) is 11.4 Å². The number of nitro benzene ring substituents is 1. The summed E-state index contributed by atoms with van der Waals surface area (Å²) in [6.07, 6.45) is -0.926. The average Bonchev–Trinajstić information content (AvgIpc) is 2.62. The minimum Gasteiger partial charge on any atom is -0.479 e. The molecule has 0 aliphatic carbocycles. The number of carbonyl (C=O) groups excluding carboxylic acids is 2. The van der Waals surface area contributed by atoms with Crippen molar-refractivity contribution in [3.05, 3.63) is 63.2 Å². The van der Waals surface area contributed by atoms with Gasteiger partial charge in [-0.05, 0) is 38.1 Å². The van der Waals surface area contributed by atoms with Crippen LogP contribution in [0.3, 0.4) is 0 Å². The molecule has 0 aliphatic heterocycles. The lowest BCUT2D eigenvalue weighted by molar-refractivity contribution is -0.383. The second-order valence-electron chi connectivity index (χ2n) is 5.65. The second kappa shape index (κ2) is 9.00. The van der Waals surface area contributed by atoms with E-state index in [1.165, 1.54) is 19.1 Å². The van der Waals surface area contributed by atoms with Crippen molar-refractivity contribution in [1.82, 2.24) is 0 Å². The predicted octanol–water partition coefficient (Wildman–Crippen LogP) is 3.51. The first-order chi connectivity index (χ1) is 12.8. The molecule has 1 unspecified atom stereocenters. The normalized spacial score (nSPS) is 11.4. The summed E-state index contributed by atoms with van der Waals surface area (Å²) in [7, 11) is 0. The summed E-state index contributed by atoms with van der Waals surface area (Å²) >= 11 is 5.71. The minimum absolute atomic E-state index is 0.0468. The van der Waals surface area contributed by atoms with E-state index in [-0.39, 0.29) is 16.4 Å². The molecule has 0 spiro atoms. The molecule has 2 aromatic rings. The van der Waals surface area contributed by atoms with E-state index >= 15 is 0 Å². The van der Waals surface area contributed by atoms with Gasteiger partial charge in [-0.2, -0.15) is 0 Å². The number of nitrogens with zero attached hydrogens (tertiary/aromatic N) is 1. The maximum absolute atomic E-state index is 11.9. The van der Waals surface area contributed by atoms with E-state index < -0.39 is 29.5 Å². The molecule has 0 saturated carbocycles. The number of rotatable bonds is 7. The Kier molecular flexibility index (Phi) is 6.73. The fourth-order valence-electron chi connectivity index (χ4n) is 2.07. The molecular weight excluding hydrogens is 376 g/mol. The lowest BCUT2D eigenvalue weighted by Gasteiger charge is -2.14. The van der Waals surface area contributed by atoms with Gasteiger partial charge in [-0.25, -0.2) is 4.79 Å². The molecule has 0 bridgehead atoms. The Labute approximate surface area is 160 Å². The number of hydrogen-bond acceptors (Lipinski definition) is 6. The first-order valence-electron chi connectivity index (χ1n) is 7.90. The van der Waals surface area contributed by atoms with E-state index in [1.807, 2.05) is 19.1 Å². The number of carbonyl (C=O) groups is 2. The lowest BCUT2D eigenvalue weighted by Crippen LogP contribution is -2.29. The smallest absolute Gasteiger partial charge is 0.347 e. The van der Waals surface area contributed by atoms with Gasteiger partial charge in [0.1, 0.15) is 11.4 Å². The third kappa shape index (κ3) is 5.96. The number of esters is 1. The number of nitro groups is 1. The Morgan fingerprint density at radius 3 is 2.52 bits per heavy atom. The van der Waals surface area contributed by atoms with Crippen molar-refractivity contribution in [3.8, 4) is 5.75 Å². The molecule has 2 aromatic carbocycles. The van der Waals surface area contributed by atoms with E-state index in [4.69, 9.17) is 21.1 Å². The summed E-state index contributed by atoms with van der Waals surface area (Å²) in [4.78, 5) is 34.2. The molecule has 142 valence electrons. The van der Waals surface area contributed by atoms with E-state index in [2.05, 4.69) is 5.32 Å². The van der Waals surface area contributed by atoms with Crippen LogP contribution < -0.4 is 10.1 Å². The maximum Gasteiger partial charge on any atom is 0.347 e. The third-order valence-electron chi connectivity index (χ3n) is 3.44. The third-order valence-corrected chi connectivity index (χ3v) is 3.68. The molecule has 0 saturated heterocycles. The van der Waals surface area contributed by atoms with Gasteiger partial charge in [-0.1, -0.05) is 29.3 Å². The molecule has 27 heavy (non-hydrogen) atoms. The van der Waals surface area contributed by atoms with E-state index in [1.54, 1.807) is 12.1 Å². The zero-order valence-electron chi connectivity index (χ0n) is 14.6. The molecule has 1 N–H and O–H groups in total. The Morgan fingerprint density at radius 2 is 1.89 bits per heavy atom. The Hall–Kier alpha value is -3.13. The van der Waals surface area contributed by atoms with Gasteiger partial charge in [0.2, 0.25) is 0 Å². The highest BCUT2D eigenvalue weighted by Gasteiger charge is 2.20. The SMILES string of the molecule is Cc1ccc(OC(C)C(=O)OCC(=O)Nc2ccc(Cl)cc2[N+](=O)[O-])cc1. The number of nitrogens with one attached hydrogen (secondary N) is 1. The molecule has 0 fully saturated rings. The molecule has 0 radical (unpaired) electrons. The van der Waals surface area contributed by atoms with Crippen LogP contribution in [-0.2, 0) is 14.3 Å². The van der Waals surface area contributed by atoms with Crippen molar-refractivity contribution in [2.24, 2.45) is 0 Å². The summed E-state index contributed by atoms with van der Waals surface area (Å²) in [6, 6.07) is 10.9. The Balaban J connectivity index is 1.88. The Morgan fingerprint density at radius 1 is 1.22 bits per heavy atom. The van der Waals surface area contributed by atoms with Crippen LogP contribution in [0.2, 0.25) is 5.02 Å². The van der Waals surface area contributed by atoms with E-state index in [0.29, 0.717) is 5.75 Å². The highest BCUT2D eigenvalue weighted by atomic mass is 35.5. The molecule has 1 atom stereocenters. The zero-order chi connectivity index (χ0) is 20.0. The monoisotopic (exact) mass is 392 g/mol. The highest BCUT2D eigenvalue weighted by Crippen LogP contribution is 2.27. The highest BCUT2D eigenvalue weighted by molar-refractivity contribution is 6.31. The predicted molar refractivity (Wildman–Crippen MR) is 99.0 cm³/mol. The molecule has 0 aromatic heterocycles. The minimum atomic E-state index is -0.926. The number of anilines is 1. The van der Waals surface area contributed by atoms with Crippen molar-refractivity contribution in [3.63, 3.8) is 0 Å². The molecule has 0 heterocycles. The number of aryl methyl sites for hydroxylation is 1. The van der Waals surface area contributed by atoms with Crippen molar-refractivity contribution in [2.45, 2.75) is 20.0 Å². The maximum atomic E-state index is 11.9. The largest absolute Gasteiger partial charge is 0.479 e. The van der Waals surface area contributed by atoms with Gasteiger partial charge in [0.05, 0.1) is 4.92 Å². The molecule has 0 aliphatic rings. The Bertz CT molecular complexity index is 853.